The predicted octanol–water partition coefficient (Wildman–Crippen LogP) is 3.49. The van der Waals surface area contributed by atoms with E-state index < -0.39 is 0 Å². The lowest BCUT2D eigenvalue weighted by molar-refractivity contribution is 0.0988. The number of nitrogens with one attached hydrogen (secondary N) is 1. The summed E-state index contributed by atoms with van der Waals surface area (Å²) in [5.74, 6) is 0.199. The van der Waals surface area contributed by atoms with E-state index >= 15 is 0 Å². The molecule has 0 saturated heterocycles. The first-order valence-electron chi connectivity index (χ1n) is 5.57. The van der Waals surface area contributed by atoms with Crippen LogP contribution in [-0.2, 0) is 0 Å². The minimum absolute atomic E-state index is 0.199. The molecule has 82 valence electrons. The lowest BCUT2D eigenvalue weighted by Crippen LogP contribution is -2.13. The molecule has 0 fully saturated rings. The maximum atomic E-state index is 11.4. The first kappa shape index (κ1) is 11.8. The molecule has 1 atom stereocenters. The fraction of sp³-hybridized carbons (Fsp3) is 0.462. The van der Waals surface area contributed by atoms with Crippen molar-refractivity contribution < 1.29 is 4.79 Å². The van der Waals surface area contributed by atoms with Crippen LogP contribution in [0.1, 0.15) is 44.0 Å². The van der Waals surface area contributed by atoms with E-state index in [9.17, 15) is 4.79 Å². The average Bonchev–Trinajstić information content (AvgIpc) is 2.29. The molecule has 2 heteroatoms. The van der Waals surface area contributed by atoms with Crippen LogP contribution < -0.4 is 5.32 Å². The molecule has 2 nitrogen and oxygen atoms in total. The van der Waals surface area contributed by atoms with E-state index in [4.69, 9.17) is 0 Å². The number of hydrogen-bond acceptors (Lipinski definition) is 2. The highest BCUT2D eigenvalue weighted by molar-refractivity contribution is 5.96. The topological polar surface area (TPSA) is 29.1 Å². The van der Waals surface area contributed by atoms with Crippen LogP contribution in [0.3, 0.4) is 0 Å². The number of rotatable bonds is 5. The Labute approximate surface area is 91.7 Å². The van der Waals surface area contributed by atoms with E-state index in [-0.39, 0.29) is 5.78 Å². The summed E-state index contributed by atoms with van der Waals surface area (Å²) in [6, 6.07) is 8.18. The molecule has 1 unspecified atom stereocenters. The van der Waals surface area contributed by atoms with Gasteiger partial charge in [-0.1, -0.05) is 13.8 Å². The van der Waals surface area contributed by atoms with Gasteiger partial charge in [0, 0.05) is 23.7 Å². The number of hydrogen-bond donors (Lipinski definition) is 1. The summed E-state index contributed by atoms with van der Waals surface area (Å²) >= 11 is 0. The van der Waals surface area contributed by atoms with Gasteiger partial charge >= 0.3 is 0 Å². The zero-order chi connectivity index (χ0) is 11.3. The number of Topliss-reactive ketones (excluding diaryl/α,β-unsaturated/α-hetero) is 1. The molecule has 0 saturated carbocycles. The normalized spacial score (nSPS) is 12.2. The van der Waals surface area contributed by atoms with Crippen molar-refractivity contribution >= 4 is 11.5 Å². The smallest absolute Gasteiger partial charge is 0.162 e. The zero-order valence-electron chi connectivity index (χ0n) is 9.71. The monoisotopic (exact) mass is 205 g/mol. The highest BCUT2D eigenvalue weighted by Gasteiger charge is 2.03. The van der Waals surface area contributed by atoms with E-state index in [1.807, 2.05) is 31.2 Å². The van der Waals surface area contributed by atoms with Crippen molar-refractivity contribution in [3.8, 4) is 0 Å². The van der Waals surface area contributed by atoms with Crippen molar-refractivity contribution in [3.05, 3.63) is 29.8 Å². The Balaban J connectivity index is 2.68. The maximum Gasteiger partial charge on any atom is 0.162 e. The van der Waals surface area contributed by atoms with E-state index in [0.29, 0.717) is 12.5 Å². The van der Waals surface area contributed by atoms with E-state index in [0.717, 1.165) is 17.7 Å². The Morgan fingerprint density at radius 1 is 1.27 bits per heavy atom. The molecule has 15 heavy (non-hydrogen) atoms. The van der Waals surface area contributed by atoms with Crippen LogP contribution in [-0.4, -0.2) is 11.8 Å². The fourth-order valence-corrected chi connectivity index (χ4v) is 1.34. The molecular weight excluding hydrogens is 186 g/mol. The number of ketones is 1. The van der Waals surface area contributed by atoms with Crippen molar-refractivity contribution in [1.82, 2.24) is 0 Å². The Hall–Kier alpha value is -1.31. The van der Waals surface area contributed by atoms with Crippen molar-refractivity contribution in [2.24, 2.45) is 0 Å². The second kappa shape index (κ2) is 5.54. The second-order valence-corrected chi connectivity index (χ2v) is 3.81. The van der Waals surface area contributed by atoms with Crippen LogP contribution in [0.2, 0.25) is 0 Å². The second-order valence-electron chi connectivity index (χ2n) is 3.81. The molecule has 0 aliphatic rings. The summed E-state index contributed by atoms with van der Waals surface area (Å²) in [6.07, 6.45) is 1.66. The summed E-state index contributed by atoms with van der Waals surface area (Å²) in [7, 11) is 0. The van der Waals surface area contributed by atoms with Crippen molar-refractivity contribution in [2.45, 2.75) is 39.7 Å². The third kappa shape index (κ3) is 3.39. The quantitative estimate of drug-likeness (QED) is 0.745. The Kier molecular flexibility index (Phi) is 4.35. The minimum atomic E-state index is 0.199. The molecule has 0 aliphatic heterocycles. The van der Waals surface area contributed by atoms with E-state index in [1.54, 1.807) is 0 Å². The Bertz CT molecular complexity index is 316. The number of carbonyl (C=O) groups is 1. The van der Waals surface area contributed by atoms with Gasteiger partial charge in [-0.2, -0.15) is 0 Å². The molecule has 1 N–H and O–H groups in total. The molecule has 0 radical (unpaired) electrons. The molecule has 0 spiro atoms. The van der Waals surface area contributed by atoms with Gasteiger partial charge in [-0.15, -0.1) is 0 Å². The van der Waals surface area contributed by atoms with E-state index in [1.165, 1.54) is 0 Å². The van der Waals surface area contributed by atoms with Gasteiger partial charge in [0.15, 0.2) is 5.78 Å². The van der Waals surface area contributed by atoms with Crippen LogP contribution in [0.25, 0.3) is 0 Å². The van der Waals surface area contributed by atoms with Gasteiger partial charge in [0.25, 0.3) is 0 Å². The summed E-state index contributed by atoms with van der Waals surface area (Å²) < 4.78 is 0. The summed E-state index contributed by atoms with van der Waals surface area (Å²) in [5, 5.41) is 3.36. The summed E-state index contributed by atoms with van der Waals surface area (Å²) in [6.45, 7) is 6.17. The average molecular weight is 205 g/mol. The minimum Gasteiger partial charge on any atom is -0.383 e. The van der Waals surface area contributed by atoms with Gasteiger partial charge < -0.3 is 5.32 Å². The summed E-state index contributed by atoms with van der Waals surface area (Å²) in [5.41, 5.74) is 1.88. The fourth-order valence-electron chi connectivity index (χ4n) is 1.34. The molecule has 0 amide bonds. The molecule has 0 heterocycles. The van der Waals surface area contributed by atoms with Crippen LogP contribution >= 0.6 is 0 Å². The van der Waals surface area contributed by atoms with Gasteiger partial charge in [0.05, 0.1) is 0 Å². The van der Waals surface area contributed by atoms with Crippen molar-refractivity contribution in [3.63, 3.8) is 0 Å². The lowest BCUT2D eigenvalue weighted by atomic mass is 10.1. The number of anilines is 1. The molecular formula is C13H19NO. The Morgan fingerprint density at radius 2 is 1.87 bits per heavy atom. The zero-order valence-corrected chi connectivity index (χ0v) is 9.71. The largest absolute Gasteiger partial charge is 0.383 e. The molecule has 1 rings (SSSR count). The van der Waals surface area contributed by atoms with Gasteiger partial charge in [-0.05, 0) is 37.6 Å². The standard InChI is InChI=1S/C13H19NO/c1-4-10(3)14-12-8-6-11(7-9-12)13(15)5-2/h6-10,14H,4-5H2,1-3H3. The van der Waals surface area contributed by atoms with Gasteiger partial charge in [-0.25, -0.2) is 0 Å². The van der Waals surface area contributed by atoms with Crippen LogP contribution in [0, 0.1) is 0 Å². The molecule has 0 aromatic heterocycles. The van der Waals surface area contributed by atoms with Gasteiger partial charge in [0.1, 0.15) is 0 Å². The highest BCUT2D eigenvalue weighted by atomic mass is 16.1. The lowest BCUT2D eigenvalue weighted by Gasteiger charge is -2.12. The van der Waals surface area contributed by atoms with E-state index in [2.05, 4.69) is 19.2 Å². The summed E-state index contributed by atoms with van der Waals surface area (Å²) in [4.78, 5) is 11.4. The SMILES string of the molecule is CCC(=O)c1ccc(NC(C)CC)cc1. The highest BCUT2D eigenvalue weighted by Crippen LogP contribution is 2.12. The molecule has 1 aromatic carbocycles. The van der Waals surface area contributed by atoms with Crippen molar-refractivity contribution in [1.29, 1.82) is 0 Å². The maximum absolute atomic E-state index is 11.4. The van der Waals surface area contributed by atoms with Crippen LogP contribution in [0.5, 0.6) is 0 Å². The Morgan fingerprint density at radius 3 is 2.33 bits per heavy atom. The number of benzene rings is 1. The predicted molar refractivity (Wildman–Crippen MR) is 64.4 cm³/mol. The van der Waals surface area contributed by atoms with Gasteiger partial charge in [0.2, 0.25) is 0 Å². The molecule has 0 bridgehead atoms. The molecule has 0 aliphatic carbocycles. The first-order valence-corrected chi connectivity index (χ1v) is 5.57. The van der Waals surface area contributed by atoms with Crippen LogP contribution in [0.15, 0.2) is 24.3 Å². The third-order valence-corrected chi connectivity index (χ3v) is 2.55. The van der Waals surface area contributed by atoms with Gasteiger partial charge in [-0.3, -0.25) is 4.79 Å². The molecule has 1 aromatic rings. The third-order valence-electron chi connectivity index (χ3n) is 2.55. The van der Waals surface area contributed by atoms with Crippen molar-refractivity contribution in [2.75, 3.05) is 5.32 Å². The van der Waals surface area contributed by atoms with Crippen LogP contribution in [0.4, 0.5) is 5.69 Å². The number of carbonyl (C=O) groups excluding carboxylic acids is 1. The first-order chi connectivity index (χ1) is 7.17.